The molecule has 3 aliphatic rings. The summed E-state index contributed by atoms with van der Waals surface area (Å²) in [7, 11) is 0. The van der Waals surface area contributed by atoms with Crippen LogP contribution in [0.15, 0.2) is 42.5 Å². The molecule has 2 aromatic rings. The van der Waals surface area contributed by atoms with E-state index in [0.717, 1.165) is 55.3 Å². The first-order chi connectivity index (χ1) is 16.0. The zero-order chi connectivity index (χ0) is 22.9. The van der Waals surface area contributed by atoms with Crippen LogP contribution in [-0.4, -0.2) is 42.6 Å². The first-order valence-corrected chi connectivity index (χ1v) is 12.7. The average molecular weight is 448 g/mol. The Labute approximate surface area is 197 Å². The Kier molecular flexibility index (Phi) is 6.44. The third kappa shape index (κ3) is 4.67. The molecule has 5 rings (SSSR count). The summed E-state index contributed by atoms with van der Waals surface area (Å²) < 4.78 is 6.08. The van der Waals surface area contributed by atoms with Gasteiger partial charge in [0.2, 0.25) is 0 Å². The van der Waals surface area contributed by atoms with Gasteiger partial charge >= 0.3 is 0 Å². The molecule has 0 radical (unpaired) electrons. The van der Waals surface area contributed by atoms with Crippen molar-refractivity contribution in [2.45, 2.75) is 70.7 Å². The number of fused-ring (bicyclic) bond motifs is 4. The molecule has 3 aliphatic heterocycles. The number of benzene rings is 2. The van der Waals surface area contributed by atoms with Crippen molar-refractivity contribution >= 4 is 5.91 Å². The van der Waals surface area contributed by atoms with E-state index in [1.54, 1.807) is 0 Å². The highest BCUT2D eigenvalue weighted by molar-refractivity contribution is 5.97. The summed E-state index contributed by atoms with van der Waals surface area (Å²) in [4.78, 5) is 16.3. The van der Waals surface area contributed by atoms with Crippen LogP contribution in [0.5, 0.6) is 5.75 Å². The van der Waals surface area contributed by atoms with Gasteiger partial charge in [0, 0.05) is 30.7 Å². The van der Waals surface area contributed by atoms with Crippen LogP contribution in [-0.2, 0) is 6.42 Å². The van der Waals surface area contributed by atoms with Crippen LogP contribution >= 0.6 is 0 Å². The molecule has 2 aromatic carbocycles. The number of hydrogen-bond acceptors (Lipinski definition) is 4. The van der Waals surface area contributed by atoms with Gasteiger partial charge in [0.25, 0.3) is 5.91 Å². The van der Waals surface area contributed by atoms with Crippen molar-refractivity contribution in [2.75, 3.05) is 19.6 Å². The lowest BCUT2D eigenvalue weighted by molar-refractivity contribution is 0.0541. The van der Waals surface area contributed by atoms with Crippen LogP contribution in [0, 0.1) is 5.92 Å². The standard InChI is InChI=1S/C28H37N3O2/c1-18(2)33-23-14-21-11-13-31-17-22-10-7-12-29-25(22)16-26(31)27(21)24(15-23)28(32)30-19(3)20-8-5-4-6-9-20/h4-6,8-9,14-15,18-19,22,25-26,29H,7,10-13,16-17H2,1-3H3,(H,30,32)/t19-,22+,25-,26-/m1/s1. The van der Waals surface area contributed by atoms with Crippen LogP contribution in [0.25, 0.3) is 0 Å². The third-order valence-corrected chi connectivity index (χ3v) is 7.62. The van der Waals surface area contributed by atoms with Gasteiger partial charge in [-0.3, -0.25) is 9.69 Å². The van der Waals surface area contributed by atoms with Crippen molar-refractivity contribution in [3.8, 4) is 5.75 Å². The molecule has 4 atom stereocenters. The highest BCUT2D eigenvalue weighted by atomic mass is 16.5. The van der Waals surface area contributed by atoms with Crippen molar-refractivity contribution in [1.29, 1.82) is 0 Å². The predicted molar refractivity (Wildman–Crippen MR) is 132 cm³/mol. The summed E-state index contributed by atoms with van der Waals surface area (Å²) in [5.41, 5.74) is 4.40. The lowest BCUT2D eigenvalue weighted by atomic mass is 9.76. The van der Waals surface area contributed by atoms with Crippen LogP contribution in [0.3, 0.4) is 0 Å². The van der Waals surface area contributed by atoms with Gasteiger partial charge in [0.15, 0.2) is 0 Å². The third-order valence-electron chi connectivity index (χ3n) is 7.62. The normalized spacial score (nSPS) is 25.5. The molecule has 2 N–H and O–H groups in total. The van der Waals surface area contributed by atoms with Gasteiger partial charge in [0.05, 0.1) is 12.1 Å². The molecule has 5 nitrogen and oxygen atoms in total. The Balaban J connectivity index is 1.49. The molecule has 0 bridgehead atoms. The molecular formula is C28H37N3O2. The first-order valence-electron chi connectivity index (χ1n) is 12.7. The van der Waals surface area contributed by atoms with E-state index < -0.39 is 0 Å². The molecule has 0 aromatic heterocycles. The van der Waals surface area contributed by atoms with Crippen LogP contribution < -0.4 is 15.4 Å². The lowest BCUT2D eigenvalue weighted by Gasteiger charge is -2.49. The van der Waals surface area contributed by atoms with Crippen molar-refractivity contribution in [3.63, 3.8) is 0 Å². The van der Waals surface area contributed by atoms with Gasteiger partial charge in [-0.2, -0.15) is 0 Å². The lowest BCUT2D eigenvalue weighted by Crippen LogP contribution is -2.55. The molecule has 2 saturated heterocycles. The van der Waals surface area contributed by atoms with E-state index in [0.29, 0.717) is 12.1 Å². The van der Waals surface area contributed by atoms with Crippen molar-refractivity contribution in [2.24, 2.45) is 5.92 Å². The van der Waals surface area contributed by atoms with Crippen LogP contribution in [0.1, 0.15) is 79.2 Å². The Morgan fingerprint density at radius 1 is 1.18 bits per heavy atom. The molecular weight excluding hydrogens is 410 g/mol. The number of piperidine rings is 2. The summed E-state index contributed by atoms with van der Waals surface area (Å²) in [6.45, 7) is 9.44. The highest BCUT2D eigenvalue weighted by Crippen LogP contribution is 2.43. The maximum absolute atomic E-state index is 13.7. The molecule has 5 heteroatoms. The van der Waals surface area contributed by atoms with E-state index >= 15 is 0 Å². The number of nitrogens with zero attached hydrogens (tertiary/aromatic N) is 1. The fourth-order valence-electron chi connectivity index (χ4n) is 6.06. The topological polar surface area (TPSA) is 53.6 Å². The number of ether oxygens (including phenoxy) is 1. The molecule has 0 spiro atoms. The van der Waals surface area contributed by atoms with E-state index in [1.165, 1.54) is 24.0 Å². The maximum atomic E-state index is 13.7. The summed E-state index contributed by atoms with van der Waals surface area (Å²) in [6.07, 6.45) is 4.72. The minimum atomic E-state index is -0.0561. The van der Waals surface area contributed by atoms with Gasteiger partial charge in [-0.25, -0.2) is 0 Å². The predicted octanol–water partition coefficient (Wildman–Crippen LogP) is 4.64. The second-order valence-electron chi connectivity index (χ2n) is 10.3. The molecule has 0 saturated carbocycles. The van der Waals surface area contributed by atoms with Gasteiger partial charge in [-0.15, -0.1) is 0 Å². The number of carbonyl (C=O) groups is 1. The fourth-order valence-corrected chi connectivity index (χ4v) is 6.06. The summed E-state index contributed by atoms with van der Waals surface area (Å²) >= 11 is 0. The monoisotopic (exact) mass is 447 g/mol. The molecule has 33 heavy (non-hydrogen) atoms. The molecule has 3 heterocycles. The van der Waals surface area contributed by atoms with E-state index in [4.69, 9.17) is 4.74 Å². The Bertz CT molecular complexity index is 990. The largest absolute Gasteiger partial charge is 0.491 e. The number of carbonyl (C=O) groups excluding carboxylic acids is 1. The Morgan fingerprint density at radius 3 is 2.79 bits per heavy atom. The average Bonchev–Trinajstić information content (AvgIpc) is 2.82. The Morgan fingerprint density at radius 2 is 2.00 bits per heavy atom. The van der Waals surface area contributed by atoms with Crippen molar-refractivity contribution < 1.29 is 9.53 Å². The summed E-state index contributed by atoms with van der Waals surface area (Å²) in [5.74, 6) is 1.53. The van der Waals surface area contributed by atoms with Crippen molar-refractivity contribution in [3.05, 3.63) is 64.7 Å². The highest BCUT2D eigenvalue weighted by Gasteiger charge is 2.41. The van der Waals surface area contributed by atoms with Gasteiger partial charge in [-0.1, -0.05) is 30.3 Å². The van der Waals surface area contributed by atoms with Crippen molar-refractivity contribution in [1.82, 2.24) is 15.5 Å². The minimum Gasteiger partial charge on any atom is -0.491 e. The summed E-state index contributed by atoms with van der Waals surface area (Å²) in [6, 6.07) is 15.1. The maximum Gasteiger partial charge on any atom is 0.252 e. The summed E-state index contributed by atoms with van der Waals surface area (Å²) in [5, 5.41) is 7.04. The molecule has 0 unspecified atom stereocenters. The van der Waals surface area contributed by atoms with E-state index in [9.17, 15) is 4.79 Å². The molecule has 1 amide bonds. The Hall–Kier alpha value is -2.37. The second-order valence-corrected chi connectivity index (χ2v) is 10.3. The number of rotatable bonds is 5. The number of hydrogen-bond donors (Lipinski definition) is 2. The minimum absolute atomic E-state index is 0.00242. The molecule has 2 fully saturated rings. The van der Waals surface area contributed by atoms with Crippen LogP contribution in [0.4, 0.5) is 0 Å². The number of nitrogens with one attached hydrogen (secondary N) is 2. The van der Waals surface area contributed by atoms with Gasteiger partial charge in [-0.05, 0) is 87.7 Å². The SMILES string of the molecule is CC(C)Oc1cc2c(c(C(=O)N[C@H](C)c3ccccc3)c1)[C@H]1C[C@H]3NCCC[C@H]3CN1CC2. The number of amides is 1. The molecule has 0 aliphatic carbocycles. The molecule has 176 valence electrons. The van der Waals surface area contributed by atoms with E-state index in [2.05, 4.69) is 40.7 Å². The zero-order valence-corrected chi connectivity index (χ0v) is 20.1. The van der Waals surface area contributed by atoms with E-state index in [1.807, 2.05) is 38.1 Å². The van der Waals surface area contributed by atoms with Crippen LogP contribution in [0.2, 0.25) is 0 Å². The second kappa shape index (κ2) is 9.47. The van der Waals surface area contributed by atoms with E-state index in [-0.39, 0.29) is 18.1 Å². The fraction of sp³-hybridized carbons (Fsp3) is 0.536. The smallest absolute Gasteiger partial charge is 0.252 e. The van der Waals surface area contributed by atoms with Gasteiger partial charge in [0.1, 0.15) is 5.75 Å². The quantitative estimate of drug-likeness (QED) is 0.701. The zero-order valence-electron chi connectivity index (χ0n) is 20.1. The first kappa shape index (κ1) is 22.4. The van der Waals surface area contributed by atoms with Gasteiger partial charge < -0.3 is 15.4 Å².